The lowest BCUT2D eigenvalue weighted by molar-refractivity contribution is -0.115. The Bertz CT molecular complexity index is 859. The lowest BCUT2D eigenvalue weighted by Gasteiger charge is -1.92. The van der Waals surface area contributed by atoms with Crippen molar-refractivity contribution in [3.05, 3.63) is 34.7 Å². The summed E-state index contributed by atoms with van der Waals surface area (Å²) in [7, 11) is 0. The Morgan fingerprint density at radius 1 is 1.50 bits per heavy atom. The van der Waals surface area contributed by atoms with E-state index >= 15 is 0 Å². The average Bonchev–Trinajstić information content (AvgIpc) is 3.03. The van der Waals surface area contributed by atoms with Gasteiger partial charge in [0.25, 0.3) is 5.91 Å². The number of fused-ring (bicyclic) bond motifs is 1. The minimum absolute atomic E-state index is 0.0121. The van der Waals surface area contributed by atoms with Gasteiger partial charge in [-0.1, -0.05) is 35.8 Å². The van der Waals surface area contributed by atoms with Crippen molar-refractivity contribution in [2.24, 2.45) is 0 Å². The van der Waals surface area contributed by atoms with Gasteiger partial charge < -0.3 is 14.8 Å². The zero-order chi connectivity index (χ0) is 15.5. The monoisotopic (exact) mass is 330 g/mol. The molecule has 2 aromatic heterocycles. The van der Waals surface area contributed by atoms with Gasteiger partial charge in [0.2, 0.25) is 0 Å². The number of thioether (sulfide) groups is 1. The summed E-state index contributed by atoms with van der Waals surface area (Å²) in [6, 6.07) is 1.79. The lowest BCUT2D eigenvalue weighted by Crippen LogP contribution is -2.17. The van der Waals surface area contributed by atoms with Crippen molar-refractivity contribution in [3.63, 3.8) is 0 Å². The highest BCUT2D eigenvalue weighted by Crippen LogP contribution is 2.29. The highest BCUT2D eigenvalue weighted by Gasteiger charge is 2.22. The van der Waals surface area contributed by atoms with Crippen molar-refractivity contribution in [3.8, 4) is 11.8 Å². The van der Waals surface area contributed by atoms with E-state index in [-0.39, 0.29) is 12.5 Å². The fourth-order valence-corrected chi connectivity index (χ4v) is 2.93. The minimum Gasteiger partial charge on any atom is -0.455 e. The van der Waals surface area contributed by atoms with Gasteiger partial charge in [-0.2, -0.15) is 0 Å². The zero-order valence-corrected chi connectivity index (χ0v) is 12.9. The molecular formula is C15H10N2O3S2. The van der Waals surface area contributed by atoms with Crippen LogP contribution in [0.4, 0.5) is 0 Å². The number of amides is 1. The summed E-state index contributed by atoms with van der Waals surface area (Å²) in [6.07, 6.45) is 5.32. The van der Waals surface area contributed by atoms with E-state index < -0.39 is 0 Å². The third-order valence-electron chi connectivity index (χ3n) is 2.82. The average molecular weight is 330 g/mol. The second kappa shape index (κ2) is 6.32. The summed E-state index contributed by atoms with van der Waals surface area (Å²) in [5.41, 5.74) is 1.26. The molecule has 0 unspecified atom stereocenters. The summed E-state index contributed by atoms with van der Waals surface area (Å²) in [5, 5.41) is 12.1. The van der Waals surface area contributed by atoms with Crippen LogP contribution in [0.3, 0.4) is 0 Å². The van der Waals surface area contributed by atoms with Gasteiger partial charge in [0.1, 0.15) is 10.1 Å². The first-order valence-corrected chi connectivity index (χ1v) is 7.62. The van der Waals surface area contributed by atoms with Crippen molar-refractivity contribution >= 4 is 51.3 Å². The molecule has 22 heavy (non-hydrogen) atoms. The molecule has 0 atom stereocenters. The molecule has 2 aromatic rings. The van der Waals surface area contributed by atoms with E-state index in [0.29, 0.717) is 32.6 Å². The minimum atomic E-state index is -0.225. The van der Waals surface area contributed by atoms with E-state index in [1.807, 2.05) is 0 Å². The van der Waals surface area contributed by atoms with Gasteiger partial charge in [0, 0.05) is 30.3 Å². The largest absolute Gasteiger partial charge is 0.455 e. The first-order valence-electron chi connectivity index (χ1n) is 6.39. The van der Waals surface area contributed by atoms with Crippen LogP contribution in [-0.2, 0) is 4.79 Å². The predicted octanol–water partition coefficient (Wildman–Crippen LogP) is 2.05. The number of hydrogen-bond acceptors (Lipinski definition) is 6. The van der Waals surface area contributed by atoms with E-state index in [1.54, 1.807) is 24.5 Å². The molecule has 0 bridgehead atoms. The van der Waals surface area contributed by atoms with E-state index in [4.69, 9.17) is 21.7 Å². The van der Waals surface area contributed by atoms with Gasteiger partial charge >= 0.3 is 0 Å². The van der Waals surface area contributed by atoms with Gasteiger partial charge in [0.05, 0.1) is 17.1 Å². The topological polar surface area (TPSA) is 75.4 Å². The van der Waals surface area contributed by atoms with Crippen molar-refractivity contribution < 1.29 is 14.3 Å². The molecule has 3 heterocycles. The quantitative estimate of drug-likeness (QED) is 0.499. The summed E-state index contributed by atoms with van der Waals surface area (Å²) < 4.78 is 6.19. The maximum absolute atomic E-state index is 11.7. The van der Waals surface area contributed by atoms with Crippen LogP contribution in [0.2, 0.25) is 0 Å². The molecule has 2 N–H and O–H groups in total. The molecule has 0 aliphatic carbocycles. The Balaban J connectivity index is 1.99. The second-order valence-electron chi connectivity index (χ2n) is 4.38. The number of nitrogens with one attached hydrogen (secondary N) is 1. The van der Waals surface area contributed by atoms with Gasteiger partial charge in [-0.25, -0.2) is 0 Å². The Morgan fingerprint density at radius 2 is 2.36 bits per heavy atom. The number of hydrogen-bond donors (Lipinski definition) is 2. The van der Waals surface area contributed by atoms with Crippen molar-refractivity contribution in [1.29, 1.82) is 0 Å². The second-order valence-corrected chi connectivity index (χ2v) is 6.10. The molecular weight excluding hydrogens is 320 g/mol. The van der Waals surface area contributed by atoms with Crippen LogP contribution in [-0.4, -0.2) is 26.9 Å². The van der Waals surface area contributed by atoms with Crippen molar-refractivity contribution in [1.82, 2.24) is 10.3 Å². The smallest absolute Gasteiger partial charge is 0.263 e. The number of aliphatic hydroxyl groups is 1. The standard InChI is InChI=1S/C15H10N2O3S2/c18-4-2-1-3-9-7-16-8-10-5-11(20-13(9)10)6-12-14(19)17-15(21)22-12/h5-8,18H,2,4H2,(H,17,19,21)/b12-6-. The lowest BCUT2D eigenvalue weighted by atomic mass is 10.2. The molecule has 1 fully saturated rings. The summed E-state index contributed by atoms with van der Waals surface area (Å²) in [4.78, 5) is 16.3. The van der Waals surface area contributed by atoms with Gasteiger partial charge in [0.15, 0.2) is 5.58 Å². The van der Waals surface area contributed by atoms with Crippen LogP contribution >= 0.6 is 24.0 Å². The van der Waals surface area contributed by atoms with E-state index in [9.17, 15) is 4.79 Å². The van der Waals surface area contributed by atoms with Crippen LogP contribution in [0.5, 0.6) is 0 Å². The number of thiocarbonyl (C=S) groups is 1. The van der Waals surface area contributed by atoms with Crippen LogP contribution in [0.15, 0.2) is 27.8 Å². The first kappa shape index (κ1) is 14.8. The van der Waals surface area contributed by atoms with Crippen molar-refractivity contribution in [2.45, 2.75) is 6.42 Å². The third kappa shape index (κ3) is 3.04. The van der Waals surface area contributed by atoms with Crippen LogP contribution < -0.4 is 5.32 Å². The Morgan fingerprint density at radius 3 is 3.09 bits per heavy atom. The molecule has 0 spiro atoms. The highest BCUT2D eigenvalue weighted by atomic mass is 32.2. The molecule has 0 radical (unpaired) electrons. The fourth-order valence-electron chi connectivity index (χ4n) is 1.91. The Labute approximate surface area is 135 Å². The van der Waals surface area contributed by atoms with Crippen LogP contribution in [0.1, 0.15) is 17.7 Å². The Kier molecular flexibility index (Phi) is 4.24. The number of pyridine rings is 1. The van der Waals surface area contributed by atoms with E-state index in [0.717, 1.165) is 5.39 Å². The third-order valence-corrected chi connectivity index (χ3v) is 3.98. The number of rotatable bonds is 2. The molecule has 5 nitrogen and oxygen atoms in total. The fraction of sp³-hybridized carbons (Fsp3) is 0.133. The number of furan rings is 1. The molecule has 0 aromatic carbocycles. The van der Waals surface area contributed by atoms with Gasteiger partial charge in [-0.05, 0) is 6.07 Å². The SMILES string of the molecule is O=C1NC(=S)S/C1=C\c1cc2cncc(C#CCCO)c2o1. The number of aliphatic hydroxyl groups excluding tert-OH is 1. The molecule has 1 amide bonds. The molecule has 1 aliphatic heterocycles. The molecule has 7 heteroatoms. The van der Waals surface area contributed by atoms with Gasteiger partial charge in [-0.15, -0.1) is 0 Å². The number of aromatic nitrogens is 1. The Hall–Kier alpha value is -2.14. The summed E-state index contributed by atoms with van der Waals surface area (Å²) in [5.74, 6) is 6.07. The van der Waals surface area contributed by atoms with E-state index in [1.165, 1.54) is 11.8 Å². The maximum Gasteiger partial charge on any atom is 0.263 e. The molecule has 0 saturated carbocycles. The predicted molar refractivity (Wildman–Crippen MR) is 88.9 cm³/mol. The van der Waals surface area contributed by atoms with E-state index in [2.05, 4.69) is 22.1 Å². The summed E-state index contributed by atoms with van der Waals surface area (Å²) in [6.45, 7) is 0.0121. The molecule has 1 saturated heterocycles. The van der Waals surface area contributed by atoms with Crippen LogP contribution in [0.25, 0.3) is 17.0 Å². The van der Waals surface area contributed by atoms with Crippen molar-refractivity contribution in [2.75, 3.05) is 6.61 Å². The highest BCUT2D eigenvalue weighted by molar-refractivity contribution is 8.26. The first-order chi connectivity index (χ1) is 10.7. The molecule has 110 valence electrons. The number of carbonyl (C=O) groups is 1. The number of nitrogens with zero attached hydrogens (tertiary/aromatic N) is 1. The van der Waals surface area contributed by atoms with Crippen LogP contribution in [0, 0.1) is 11.8 Å². The summed E-state index contributed by atoms with van der Waals surface area (Å²) >= 11 is 6.14. The number of carbonyl (C=O) groups excluding carboxylic acids is 1. The molecule has 3 rings (SSSR count). The normalized spacial score (nSPS) is 16.0. The maximum atomic E-state index is 11.7. The molecule has 1 aliphatic rings. The zero-order valence-electron chi connectivity index (χ0n) is 11.3. The van der Waals surface area contributed by atoms with Gasteiger partial charge in [-0.3, -0.25) is 9.78 Å².